The lowest BCUT2D eigenvalue weighted by Gasteiger charge is -2.20. The van der Waals surface area contributed by atoms with Crippen LogP contribution in [-0.2, 0) is 15.9 Å². The number of amides is 1. The molecule has 0 bridgehead atoms. The minimum atomic E-state index is -0.501. The number of carbonyl (C=O) groups excluding carboxylic acids is 1. The third kappa shape index (κ3) is 9.33. The van der Waals surface area contributed by atoms with E-state index in [1.165, 1.54) is 0 Å². The molecule has 0 aromatic carbocycles. The van der Waals surface area contributed by atoms with Crippen LogP contribution in [0.1, 0.15) is 39.4 Å². The van der Waals surface area contributed by atoms with Crippen LogP contribution in [0.4, 0.5) is 4.79 Å². The lowest BCUT2D eigenvalue weighted by molar-refractivity contribution is 0.0529. The fourth-order valence-corrected chi connectivity index (χ4v) is 2.57. The van der Waals surface area contributed by atoms with Gasteiger partial charge < -0.3 is 29.8 Å². The van der Waals surface area contributed by atoms with Crippen LogP contribution in [0, 0.1) is 0 Å². The molecule has 1 aliphatic rings. The maximum absolute atomic E-state index is 11.7. The van der Waals surface area contributed by atoms with Crippen LogP contribution in [0.15, 0.2) is 27.8 Å². The molecule has 2 heterocycles. The van der Waals surface area contributed by atoms with Crippen LogP contribution in [0.5, 0.6) is 0 Å². The molecular formula is C19H32N4O4. The Labute approximate surface area is 161 Å². The van der Waals surface area contributed by atoms with Gasteiger partial charge in [0.05, 0.1) is 18.9 Å². The Morgan fingerprint density at radius 1 is 1.26 bits per heavy atom. The zero-order valence-corrected chi connectivity index (χ0v) is 16.5. The van der Waals surface area contributed by atoms with E-state index >= 15 is 0 Å². The van der Waals surface area contributed by atoms with E-state index in [1.54, 1.807) is 6.26 Å². The molecule has 2 rings (SSSR count). The monoisotopic (exact) mass is 380 g/mol. The van der Waals surface area contributed by atoms with Crippen LogP contribution < -0.4 is 16.0 Å². The average molecular weight is 380 g/mol. The summed E-state index contributed by atoms with van der Waals surface area (Å²) >= 11 is 0. The van der Waals surface area contributed by atoms with Crippen molar-refractivity contribution in [3.8, 4) is 0 Å². The quantitative estimate of drug-likeness (QED) is 0.363. The first-order valence-corrected chi connectivity index (χ1v) is 9.55. The normalized spacial score (nSPS) is 17.6. The molecule has 1 aromatic rings. The van der Waals surface area contributed by atoms with Crippen LogP contribution in [0.2, 0.25) is 0 Å². The molecule has 1 saturated heterocycles. The minimum Gasteiger partial charge on any atom is -0.469 e. The van der Waals surface area contributed by atoms with Gasteiger partial charge in [0.25, 0.3) is 0 Å². The highest BCUT2D eigenvalue weighted by atomic mass is 16.6. The smallest absolute Gasteiger partial charge is 0.407 e. The Hall–Kier alpha value is -2.22. The van der Waals surface area contributed by atoms with Crippen molar-refractivity contribution < 1.29 is 18.7 Å². The summed E-state index contributed by atoms with van der Waals surface area (Å²) in [5.41, 5.74) is -0.501. The number of hydrogen-bond donors (Lipinski definition) is 3. The van der Waals surface area contributed by atoms with Crippen molar-refractivity contribution in [1.29, 1.82) is 0 Å². The number of guanidine groups is 1. The van der Waals surface area contributed by atoms with Crippen LogP contribution in [0.25, 0.3) is 0 Å². The molecule has 0 saturated carbocycles. The van der Waals surface area contributed by atoms with Gasteiger partial charge in [-0.1, -0.05) is 0 Å². The molecule has 8 nitrogen and oxygen atoms in total. The summed E-state index contributed by atoms with van der Waals surface area (Å²) in [5.74, 6) is 1.62. The van der Waals surface area contributed by atoms with Crippen molar-refractivity contribution in [2.75, 3.05) is 32.8 Å². The highest BCUT2D eigenvalue weighted by molar-refractivity contribution is 5.79. The molecule has 1 aliphatic heterocycles. The number of carbonyl (C=O) groups is 1. The third-order valence-electron chi connectivity index (χ3n) is 3.81. The molecule has 1 atom stereocenters. The number of furan rings is 1. The third-order valence-corrected chi connectivity index (χ3v) is 3.81. The average Bonchev–Trinajstić information content (AvgIpc) is 3.27. The largest absolute Gasteiger partial charge is 0.469 e. The zero-order valence-electron chi connectivity index (χ0n) is 16.5. The van der Waals surface area contributed by atoms with Gasteiger partial charge in [0, 0.05) is 32.7 Å². The van der Waals surface area contributed by atoms with E-state index in [4.69, 9.17) is 13.9 Å². The summed E-state index contributed by atoms with van der Waals surface area (Å²) in [6.07, 6.45) is 4.34. The van der Waals surface area contributed by atoms with E-state index in [0.29, 0.717) is 32.1 Å². The molecule has 1 amide bonds. The van der Waals surface area contributed by atoms with E-state index in [2.05, 4.69) is 20.9 Å². The van der Waals surface area contributed by atoms with Gasteiger partial charge in [0.1, 0.15) is 11.4 Å². The second kappa shape index (κ2) is 10.8. The van der Waals surface area contributed by atoms with Gasteiger partial charge in [0.2, 0.25) is 0 Å². The maximum Gasteiger partial charge on any atom is 0.407 e. The summed E-state index contributed by atoms with van der Waals surface area (Å²) in [4.78, 5) is 16.3. The fraction of sp³-hybridized carbons (Fsp3) is 0.684. The number of nitrogens with one attached hydrogen (secondary N) is 3. The Morgan fingerprint density at radius 3 is 2.70 bits per heavy atom. The Kier molecular flexibility index (Phi) is 8.44. The van der Waals surface area contributed by atoms with Gasteiger partial charge in [-0.05, 0) is 45.7 Å². The summed E-state index contributed by atoms with van der Waals surface area (Å²) in [6.45, 7) is 8.62. The second-order valence-electron chi connectivity index (χ2n) is 7.44. The fourth-order valence-electron chi connectivity index (χ4n) is 2.57. The number of nitrogens with zero attached hydrogens (tertiary/aromatic N) is 1. The van der Waals surface area contributed by atoms with E-state index in [0.717, 1.165) is 31.6 Å². The van der Waals surface area contributed by atoms with Crippen LogP contribution in [-0.4, -0.2) is 56.5 Å². The Balaban J connectivity index is 1.72. The standard InChI is InChI=1S/C19H32N4O4/c1-19(2,3)27-18(24)22-11-10-21-17(23-14-16-7-5-13-26-16)20-9-8-15-6-4-12-25-15/h4,6,12,16H,5,7-11,13-14H2,1-3H3,(H,22,24)(H2,20,21,23). The predicted molar refractivity (Wildman–Crippen MR) is 104 cm³/mol. The predicted octanol–water partition coefficient (Wildman–Crippen LogP) is 2.06. The molecule has 27 heavy (non-hydrogen) atoms. The number of hydrogen-bond acceptors (Lipinski definition) is 5. The molecule has 1 fully saturated rings. The van der Waals surface area contributed by atoms with Gasteiger partial charge >= 0.3 is 6.09 Å². The van der Waals surface area contributed by atoms with Crippen molar-refractivity contribution in [3.05, 3.63) is 24.2 Å². The lowest BCUT2D eigenvalue weighted by Crippen LogP contribution is -2.43. The number of aliphatic imine (C=N–C) groups is 1. The molecule has 8 heteroatoms. The first-order chi connectivity index (χ1) is 12.9. The van der Waals surface area contributed by atoms with Gasteiger partial charge in [0.15, 0.2) is 5.96 Å². The van der Waals surface area contributed by atoms with Crippen molar-refractivity contribution in [3.63, 3.8) is 0 Å². The van der Waals surface area contributed by atoms with Crippen LogP contribution >= 0.6 is 0 Å². The lowest BCUT2D eigenvalue weighted by atomic mass is 10.2. The SMILES string of the molecule is CC(C)(C)OC(=O)NCCNC(=NCC1CCCO1)NCCc1ccco1. The highest BCUT2D eigenvalue weighted by Crippen LogP contribution is 2.11. The van der Waals surface area contributed by atoms with Crippen LogP contribution in [0.3, 0.4) is 0 Å². The molecule has 1 unspecified atom stereocenters. The topological polar surface area (TPSA) is 97.1 Å². The maximum atomic E-state index is 11.7. The zero-order chi connectivity index (χ0) is 19.5. The Bertz CT molecular complexity index is 575. The molecule has 0 aliphatic carbocycles. The molecule has 1 aromatic heterocycles. The number of rotatable bonds is 8. The summed E-state index contributed by atoms with van der Waals surface area (Å²) < 4.78 is 16.2. The van der Waals surface area contributed by atoms with Gasteiger partial charge in [-0.2, -0.15) is 0 Å². The first-order valence-electron chi connectivity index (χ1n) is 9.55. The minimum absolute atomic E-state index is 0.188. The molecule has 0 spiro atoms. The molecule has 3 N–H and O–H groups in total. The molecule has 0 radical (unpaired) electrons. The van der Waals surface area contributed by atoms with Gasteiger partial charge in [-0.25, -0.2) is 4.79 Å². The van der Waals surface area contributed by atoms with Gasteiger partial charge in [-0.3, -0.25) is 4.99 Å². The number of alkyl carbamates (subject to hydrolysis) is 1. The first kappa shape index (κ1) is 21.1. The van der Waals surface area contributed by atoms with Crippen molar-refractivity contribution in [1.82, 2.24) is 16.0 Å². The molecule has 152 valence electrons. The summed E-state index contributed by atoms with van der Waals surface area (Å²) in [5, 5.41) is 9.24. The van der Waals surface area contributed by atoms with E-state index in [1.807, 2.05) is 32.9 Å². The highest BCUT2D eigenvalue weighted by Gasteiger charge is 2.16. The van der Waals surface area contributed by atoms with E-state index in [-0.39, 0.29) is 6.10 Å². The van der Waals surface area contributed by atoms with Crippen molar-refractivity contribution in [2.24, 2.45) is 4.99 Å². The van der Waals surface area contributed by atoms with Gasteiger partial charge in [-0.15, -0.1) is 0 Å². The molecular weight excluding hydrogens is 348 g/mol. The summed E-state index contributed by atoms with van der Waals surface area (Å²) in [7, 11) is 0. The van der Waals surface area contributed by atoms with Crippen molar-refractivity contribution in [2.45, 2.75) is 51.7 Å². The Morgan fingerprint density at radius 2 is 2.04 bits per heavy atom. The summed E-state index contributed by atoms with van der Waals surface area (Å²) in [6, 6.07) is 3.82. The van der Waals surface area contributed by atoms with E-state index in [9.17, 15) is 4.79 Å². The van der Waals surface area contributed by atoms with Crippen molar-refractivity contribution >= 4 is 12.1 Å². The van der Waals surface area contributed by atoms with E-state index < -0.39 is 11.7 Å². The second-order valence-corrected chi connectivity index (χ2v) is 7.44. The number of ether oxygens (including phenoxy) is 2.